The Balaban J connectivity index is 3.35. The van der Waals surface area contributed by atoms with Crippen molar-refractivity contribution >= 4 is 29.1 Å². The maximum absolute atomic E-state index is 11.6. The van der Waals surface area contributed by atoms with Gasteiger partial charge in [0.05, 0.1) is 5.02 Å². The van der Waals surface area contributed by atoms with E-state index in [1.165, 1.54) is 12.3 Å². The summed E-state index contributed by atoms with van der Waals surface area (Å²) in [7, 11) is 0. The van der Waals surface area contributed by atoms with Crippen molar-refractivity contribution in [2.75, 3.05) is 0 Å². The summed E-state index contributed by atoms with van der Waals surface area (Å²) in [6, 6.07) is 0.615. The number of pyridine rings is 1. The number of carbonyl (C=O) groups excluding carboxylic acids is 1. The second-order valence-corrected chi connectivity index (χ2v) is 3.89. The lowest BCUT2D eigenvalue weighted by Crippen LogP contribution is -2.33. The van der Waals surface area contributed by atoms with E-state index >= 15 is 0 Å². The van der Waals surface area contributed by atoms with Crippen LogP contribution in [0.1, 0.15) is 19.4 Å². The van der Waals surface area contributed by atoms with Gasteiger partial charge >= 0.3 is 0 Å². The molecule has 1 rings (SSSR count). The number of primary amides is 1. The lowest BCUT2D eigenvalue weighted by atomic mass is 10.2. The molecule has 1 amide bonds. The van der Waals surface area contributed by atoms with Crippen LogP contribution in [0.5, 0.6) is 0 Å². The molecule has 1 heterocycles. The van der Waals surface area contributed by atoms with Crippen LogP contribution in [0.2, 0.25) is 10.0 Å². The molecule has 0 saturated heterocycles. The smallest absolute Gasteiger partial charge is 0.270 e. The minimum absolute atomic E-state index is 0.0257. The van der Waals surface area contributed by atoms with Crippen LogP contribution in [0, 0.1) is 0 Å². The Kier molecular flexibility index (Phi) is 3.77. The number of carbonyl (C=O) groups is 1. The van der Waals surface area contributed by atoms with Crippen LogP contribution < -0.4 is 11.3 Å². The van der Waals surface area contributed by atoms with Gasteiger partial charge in [-0.25, -0.2) is 0 Å². The van der Waals surface area contributed by atoms with Crippen LogP contribution >= 0.6 is 23.2 Å². The summed E-state index contributed by atoms with van der Waals surface area (Å²) < 4.78 is 1.16. The van der Waals surface area contributed by atoms with Crippen molar-refractivity contribution in [3.63, 3.8) is 0 Å². The molecule has 0 aromatic carbocycles. The highest BCUT2D eigenvalue weighted by Crippen LogP contribution is 2.16. The van der Waals surface area contributed by atoms with Crippen molar-refractivity contribution < 1.29 is 4.79 Å². The van der Waals surface area contributed by atoms with Crippen LogP contribution in [0.15, 0.2) is 17.1 Å². The van der Waals surface area contributed by atoms with Gasteiger partial charge in [-0.3, -0.25) is 9.59 Å². The lowest BCUT2D eigenvalue weighted by Gasteiger charge is -2.14. The highest BCUT2D eigenvalue weighted by atomic mass is 35.5. The zero-order chi connectivity index (χ0) is 11.6. The molecule has 0 radical (unpaired) electrons. The van der Waals surface area contributed by atoms with Gasteiger partial charge in [0.2, 0.25) is 5.91 Å². The van der Waals surface area contributed by atoms with Gasteiger partial charge in [-0.2, -0.15) is 0 Å². The molecule has 0 bridgehead atoms. The zero-order valence-corrected chi connectivity index (χ0v) is 9.55. The Morgan fingerprint density at radius 2 is 2.20 bits per heavy atom. The number of nitrogens with two attached hydrogens (primary N) is 1. The van der Waals surface area contributed by atoms with Gasteiger partial charge in [0, 0.05) is 6.20 Å². The average Bonchev–Trinajstić information content (AvgIpc) is 2.13. The van der Waals surface area contributed by atoms with Crippen LogP contribution in [0.4, 0.5) is 0 Å². The molecule has 6 heteroatoms. The molecule has 1 aromatic rings. The van der Waals surface area contributed by atoms with E-state index in [2.05, 4.69) is 0 Å². The molecule has 1 aromatic heterocycles. The fourth-order valence-corrected chi connectivity index (χ4v) is 1.79. The third-order valence-corrected chi connectivity index (χ3v) is 2.49. The van der Waals surface area contributed by atoms with Gasteiger partial charge in [0.15, 0.2) is 0 Å². The van der Waals surface area contributed by atoms with E-state index in [1.807, 2.05) is 0 Å². The summed E-state index contributed by atoms with van der Waals surface area (Å²) in [5.41, 5.74) is 4.70. The molecule has 1 unspecified atom stereocenters. The molecule has 15 heavy (non-hydrogen) atoms. The Morgan fingerprint density at radius 3 is 2.67 bits per heavy atom. The van der Waals surface area contributed by atoms with Crippen molar-refractivity contribution in [1.29, 1.82) is 0 Å². The molecule has 2 N–H and O–H groups in total. The first-order valence-electron chi connectivity index (χ1n) is 4.33. The number of nitrogens with zero attached hydrogens (tertiary/aromatic N) is 1. The minimum atomic E-state index is -0.714. The zero-order valence-electron chi connectivity index (χ0n) is 8.04. The van der Waals surface area contributed by atoms with E-state index in [0.29, 0.717) is 11.4 Å². The van der Waals surface area contributed by atoms with Crippen molar-refractivity contribution in [2.24, 2.45) is 5.73 Å². The van der Waals surface area contributed by atoms with Crippen LogP contribution in [0.25, 0.3) is 0 Å². The Labute approximate surface area is 96.6 Å². The first kappa shape index (κ1) is 12.1. The van der Waals surface area contributed by atoms with E-state index in [1.54, 1.807) is 6.92 Å². The fourth-order valence-electron chi connectivity index (χ4n) is 1.30. The highest BCUT2D eigenvalue weighted by molar-refractivity contribution is 6.34. The molecule has 82 valence electrons. The molecular weight excluding hydrogens is 239 g/mol. The monoisotopic (exact) mass is 248 g/mol. The summed E-state index contributed by atoms with van der Waals surface area (Å²) in [5.74, 6) is -0.585. The Hall–Kier alpha value is -1.00. The van der Waals surface area contributed by atoms with Crippen molar-refractivity contribution in [3.05, 3.63) is 32.7 Å². The second kappa shape index (κ2) is 4.68. The van der Waals surface area contributed by atoms with E-state index < -0.39 is 17.5 Å². The highest BCUT2D eigenvalue weighted by Gasteiger charge is 2.17. The predicted molar refractivity (Wildman–Crippen MR) is 59.2 cm³/mol. The molecule has 0 saturated carbocycles. The Morgan fingerprint density at radius 1 is 1.60 bits per heavy atom. The minimum Gasteiger partial charge on any atom is -0.368 e. The first-order chi connectivity index (χ1) is 6.97. The van der Waals surface area contributed by atoms with E-state index in [9.17, 15) is 9.59 Å². The number of aromatic nitrogens is 1. The van der Waals surface area contributed by atoms with E-state index in [-0.39, 0.29) is 5.02 Å². The molecule has 0 aliphatic carbocycles. The largest absolute Gasteiger partial charge is 0.368 e. The SMILES string of the molecule is CCC(C(N)=O)n1cc(Cl)cc(Cl)c1=O. The standard InChI is InChI=1S/C9H10Cl2N2O2/c1-2-7(8(12)14)13-4-5(10)3-6(11)9(13)15/h3-4,7H,2H2,1H3,(H2,12,14). The maximum Gasteiger partial charge on any atom is 0.270 e. The number of rotatable bonds is 3. The number of halogens is 2. The normalized spacial score (nSPS) is 12.5. The van der Waals surface area contributed by atoms with Gasteiger partial charge in [-0.1, -0.05) is 30.1 Å². The molecule has 0 spiro atoms. The van der Waals surface area contributed by atoms with Gasteiger partial charge < -0.3 is 10.3 Å². The summed E-state index contributed by atoms with van der Waals surface area (Å²) in [4.78, 5) is 22.7. The summed E-state index contributed by atoms with van der Waals surface area (Å²) in [5, 5.41) is 0.265. The topological polar surface area (TPSA) is 65.1 Å². The van der Waals surface area contributed by atoms with E-state index in [0.717, 1.165) is 4.57 Å². The van der Waals surface area contributed by atoms with Crippen LogP contribution in [0.3, 0.4) is 0 Å². The van der Waals surface area contributed by atoms with Crippen molar-refractivity contribution in [2.45, 2.75) is 19.4 Å². The molecule has 0 aliphatic heterocycles. The second-order valence-electron chi connectivity index (χ2n) is 3.05. The van der Waals surface area contributed by atoms with Gasteiger partial charge in [0.1, 0.15) is 11.1 Å². The molecule has 0 aliphatic rings. The average molecular weight is 249 g/mol. The van der Waals surface area contributed by atoms with Crippen LogP contribution in [-0.2, 0) is 4.79 Å². The maximum atomic E-state index is 11.6. The molecular formula is C9H10Cl2N2O2. The van der Waals surface area contributed by atoms with Crippen molar-refractivity contribution in [1.82, 2.24) is 4.57 Å². The van der Waals surface area contributed by atoms with Gasteiger partial charge in [-0.05, 0) is 12.5 Å². The van der Waals surface area contributed by atoms with Crippen LogP contribution in [-0.4, -0.2) is 10.5 Å². The molecule has 0 fully saturated rings. The quantitative estimate of drug-likeness (QED) is 0.883. The van der Waals surface area contributed by atoms with E-state index in [4.69, 9.17) is 28.9 Å². The lowest BCUT2D eigenvalue weighted by molar-refractivity contribution is -0.121. The number of hydrogen-bond donors (Lipinski definition) is 1. The fraction of sp³-hybridized carbons (Fsp3) is 0.333. The van der Waals surface area contributed by atoms with Crippen molar-refractivity contribution in [3.8, 4) is 0 Å². The summed E-state index contributed by atoms with van der Waals surface area (Å²) in [6.07, 6.45) is 1.76. The molecule has 4 nitrogen and oxygen atoms in total. The number of amides is 1. The third kappa shape index (κ3) is 2.52. The molecule has 1 atom stereocenters. The number of hydrogen-bond acceptors (Lipinski definition) is 2. The van der Waals surface area contributed by atoms with Gasteiger partial charge in [-0.15, -0.1) is 0 Å². The third-order valence-electron chi connectivity index (χ3n) is 2.02. The summed E-state index contributed by atoms with van der Waals surface area (Å²) in [6.45, 7) is 1.75. The Bertz CT molecular complexity index is 442. The van der Waals surface area contributed by atoms with Gasteiger partial charge in [0.25, 0.3) is 5.56 Å². The first-order valence-corrected chi connectivity index (χ1v) is 5.09. The summed E-state index contributed by atoms with van der Waals surface area (Å²) >= 11 is 11.4. The predicted octanol–water partition coefficient (Wildman–Crippen LogP) is 1.59.